The number of amides is 2. The number of nitrogens with one attached hydrogen (secondary N) is 1. The third-order valence-electron chi connectivity index (χ3n) is 5.48. The highest BCUT2D eigenvalue weighted by Gasteiger charge is 2.19. The number of nitrogens with zero attached hydrogens (tertiary/aromatic N) is 3. The number of benzene rings is 2. The largest absolute Gasteiger partial charge is 0.493 e. The number of aromatic nitrogens is 2. The Morgan fingerprint density at radius 3 is 2.21 bits per heavy atom. The lowest BCUT2D eigenvalue weighted by Gasteiger charge is -2.20. The minimum atomic E-state index is -0.331. The molecule has 9 nitrogen and oxygen atoms in total. The zero-order chi connectivity index (χ0) is 24.0. The van der Waals surface area contributed by atoms with E-state index in [0.717, 1.165) is 11.0 Å². The van der Waals surface area contributed by atoms with Gasteiger partial charge in [-0.25, -0.2) is 4.98 Å². The van der Waals surface area contributed by atoms with Gasteiger partial charge >= 0.3 is 0 Å². The quantitative estimate of drug-likeness (QED) is 0.506. The number of carbonyl (C=O) groups is 2. The van der Waals surface area contributed by atoms with E-state index in [0.29, 0.717) is 41.7 Å². The van der Waals surface area contributed by atoms with E-state index in [-0.39, 0.29) is 24.9 Å². The predicted molar refractivity (Wildman–Crippen MR) is 125 cm³/mol. The zero-order valence-corrected chi connectivity index (χ0v) is 19.7. The monoisotopic (exact) mass is 454 g/mol. The van der Waals surface area contributed by atoms with Crippen molar-refractivity contribution in [3.63, 3.8) is 0 Å². The number of ether oxygens (including phenoxy) is 3. The molecule has 9 heteroatoms. The van der Waals surface area contributed by atoms with Crippen molar-refractivity contribution in [2.24, 2.45) is 0 Å². The highest BCUT2D eigenvalue weighted by molar-refractivity contribution is 5.95. The SMILES string of the molecule is CCN(CC)C(=O)Cn1c(CNC(=O)c2cc(OC)c(OC)c(OC)c2)nc2ccccc21. The van der Waals surface area contributed by atoms with Crippen molar-refractivity contribution in [3.8, 4) is 17.2 Å². The number of fused-ring (bicyclic) bond motifs is 1. The molecule has 3 aromatic rings. The average molecular weight is 455 g/mol. The molecule has 33 heavy (non-hydrogen) atoms. The number of hydrogen-bond donors (Lipinski definition) is 1. The van der Waals surface area contributed by atoms with Crippen molar-refractivity contribution in [3.05, 3.63) is 47.8 Å². The lowest BCUT2D eigenvalue weighted by Crippen LogP contribution is -2.34. The highest BCUT2D eigenvalue weighted by Crippen LogP contribution is 2.38. The normalized spacial score (nSPS) is 10.7. The summed E-state index contributed by atoms with van der Waals surface area (Å²) in [4.78, 5) is 32.1. The van der Waals surface area contributed by atoms with Crippen molar-refractivity contribution in [2.75, 3.05) is 34.4 Å². The number of hydrogen-bond acceptors (Lipinski definition) is 6. The number of rotatable bonds is 10. The Kier molecular flexibility index (Phi) is 7.76. The lowest BCUT2D eigenvalue weighted by molar-refractivity contribution is -0.131. The topological polar surface area (TPSA) is 94.9 Å². The van der Waals surface area contributed by atoms with Crippen LogP contribution in [0.2, 0.25) is 0 Å². The van der Waals surface area contributed by atoms with E-state index in [1.54, 1.807) is 17.0 Å². The Hall–Kier alpha value is -3.75. The molecule has 1 heterocycles. The van der Waals surface area contributed by atoms with Crippen molar-refractivity contribution in [2.45, 2.75) is 26.9 Å². The van der Waals surface area contributed by atoms with Crippen molar-refractivity contribution in [1.29, 1.82) is 0 Å². The molecular weight excluding hydrogens is 424 g/mol. The Morgan fingerprint density at radius 1 is 1.00 bits per heavy atom. The van der Waals surface area contributed by atoms with Crippen LogP contribution in [-0.4, -0.2) is 60.7 Å². The second-order valence-electron chi connectivity index (χ2n) is 7.27. The van der Waals surface area contributed by atoms with Gasteiger partial charge in [-0.2, -0.15) is 0 Å². The third-order valence-corrected chi connectivity index (χ3v) is 5.48. The molecule has 2 amide bonds. The summed E-state index contributed by atoms with van der Waals surface area (Å²) < 4.78 is 17.8. The van der Waals surface area contributed by atoms with Gasteiger partial charge in [0.1, 0.15) is 12.4 Å². The van der Waals surface area contributed by atoms with Crippen LogP contribution < -0.4 is 19.5 Å². The van der Waals surface area contributed by atoms with Gasteiger partial charge in [0.25, 0.3) is 5.91 Å². The molecule has 0 atom stereocenters. The van der Waals surface area contributed by atoms with E-state index in [9.17, 15) is 9.59 Å². The first-order valence-electron chi connectivity index (χ1n) is 10.8. The number of methoxy groups -OCH3 is 3. The molecule has 0 aliphatic heterocycles. The van der Waals surface area contributed by atoms with Crippen LogP contribution in [0, 0.1) is 0 Å². The fourth-order valence-corrected chi connectivity index (χ4v) is 3.72. The van der Waals surface area contributed by atoms with Crippen LogP contribution in [0.15, 0.2) is 36.4 Å². The van der Waals surface area contributed by atoms with Gasteiger partial charge in [-0.15, -0.1) is 0 Å². The molecule has 0 saturated heterocycles. The van der Waals surface area contributed by atoms with Crippen LogP contribution in [0.1, 0.15) is 30.0 Å². The van der Waals surface area contributed by atoms with E-state index < -0.39 is 0 Å². The van der Waals surface area contributed by atoms with Gasteiger partial charge in [0.2, 0.25) is 11.7 Å². The number of carbonyl (C=O) groups excluding carboxylic acids is 2. The summed E-state index contributed by atoms with van der Waals surface area (Å²) in [7, 11) is 4.49. The van der Waals surface area contributed by atoms with Crippen LogP contribution >= 0.6 is 0 Å². The van der Waals surface area contributed by atoms with Gasteiger partial charge in [-0.1, -0.05) is 12.1 Å². The minimum absolute atomic E-state index is 0.000330. The second-order valence-corrected chi connectivity index (χ2v) is 7.27. The number of para-hydroxylation sites is 2. The molecule has 0 aliphatic carbocycles. The fraction of sp³-hybridized carbons (Fsp3) is 0.375. The maximum absolute atomic E-state index is 12.9. The Bertz CT molecular complexity index is 1110. The molecular formula is C24H30N4O5. The first-order chi connectivity index (χ1) is 16.0. The molecule has 0 spiro atoms. The summed E-state index contributed by atoms with van der Waals surface area (Å²) in [5.74, 6) is 1.45. The maximum Gasteiger partial charge on any atom is 0.251 e. The van der Waals surface area contributed by atoms with Gasteiger partial charge in [-0.05, 0) is 38.1 Å². The maximum atomic E-state index is 12.9. The molecule has 0 fully saturated rings. The molecule has 0 saturated carbocycles. The molecule has 0 bridgehead atoms. The van der Waals surface area contributed by atoms with E-state index in [4.69, 9.17) is 14.2 Å². The van der Waals surface area contributed by atoms with Gasteiger partial charge < -0.3 is 29.0 Å². The summed E-state index contributed by atoms with van der Waals surface area (Å²) in [5, 5.41) is 2.89. The smallest absolute Gasteiger partial charge is 0.251 e. The average Bonchev–Trinajstić information content (AvgIpc) is 3.19. The second kappa shape index (κ2) is 10.7. The van der Waals surface area contributed by atoms with Gasteiger partial charge in [0.15, 0.2) is 11.5 Å². The first-order valence-corrected chi connectivity index (χ1v) is 10.8. The van der Waals surface area contributed by atoms with Crippen LogP contribution in [0.3, 0.4) is 0 Å². The zero-order valence-electron chi connectivity index (χ0n) is 19.7. The minimum Gasteiger partial charge on any atom is -0.493 e. The lowest BCUT2D eigenvalue weighted by atomic mass is 10.1. The Morgan fingerprint density at radius 2 is 1.64 bits per heavy atom. The van der Waals surface area contributed by atoms with Gasteiger partial charge in [-0.3, -0.25) is 9.59 Å². The molecule has 176 valence electrons. The van der Waals surface area contributed by atoms with Crippen LogP contribution in [0.25, 0.3) is 11.0 Å². The Balaban J connectivity index is 1.87. The summed E-state index contributed by atoms with van der Waals surface area (Å²) in [5.41, 5.74) is 1.96. The first kappa shape index (κ1) is 23.9. The summed E-state index contributed by atoms with van der Waals surface area (Å²) >= 11 is 0. The van der Waals surface area contributed by atoms with E-state index in [1.807, 2.05) is 42.7 Å². The molecule has 0 radical (unpaired) electrons. The van der Waals surface area contributed by atoms with Gasteiger partial charge in [0, 0.05) is 18.7 Å². The van der Waals surface area contributed by atoms with E-state index in [1.165, 1.54) is 21.3 Å². The van der Waals surface area contributed by atoms with Crippen molar-refractivity contribution < 1.29 is 23.8 Å². The van der Waals surface area contributed by atoms with E-state index >= 15 is 0 Å². The van der Waals surface area contributed by atoms with Crippen LogP contribution in [0.4, 0.5) is 0 Å². The summed E-state index contributed by atoms with van der Waals surface area (Å²) in [6.45, 7) is 5.47. The number of imidazole rings is 1. The molecule has 1 aromatic heterocycles. The highest BCUT2D eigenvalue weighted by atomic mass is 16.5. The van der Waals surface area contributed by atoms with Crippen LogP contribution in [0.5, 0.6) is 17.2 Å². The Labute approximate surface area is 193 Å². The van der Waals surface area contributed by atoms with Crippen molar-refractivity contribution in [1.82, 2.24) is 19.8 Å². The third kappa shape index (κ3) is 5.02. The fourth-order valence-electron chi connectivity index (χ4n) is 3.72. The van der Waals surface area contributed by atoms with Crippen LogP contribution in [-0.2, 0) is 17.9 Å². The van der Waals surface area contributed by atoms with E-state index in [2.05, 4.69) is 10.3 Å². The molecule has 0 aliphatic rings. The summed E-state index contributed by atoms with van der Waals surface area (Å²) in [6, 6.07) is 10.8. The predicted octanol–water partition coefficient (Wildman–Crippen LogP) is 2.86. The standard InChI is InChI=1S/C24H30N4O5/c1-6-27(7-2)22(29)15-28-18-11-9-8-10-17(18)26-21(28)14-25-24(30)16-12-19(31-3)23(33-5)20(13-16)32-4/h8-13H,6-7,14-15H2,1-5H3,(H,25,30). The molecule has 3 rings (SSSR count). The molecule has 1 N–H and O–H groups in total. The van der Waals surface area contributed by atoms with Crippen molar-refractivity contribution >= 4 is 22.8 Å². The number of likely N-dealkylation sites (N-methyl/N-ethyl adjacent to an activating group) is 1. The van der Waals surface area contributed by atoms with Gasteiger partial charge in [0.05, 0.1) is 38.9 Å². The molecule has 2 aromatic carbocycles. The summed E-state index contributed by atoms with van der Waals surface area (Å²) in [6.07, 6.45) is 0. The molecule has 0 unspecified atom stereocenters.